The van der Waals surface area contributed by atoms with Crippen LogP contribution in [0.1, 0.15) is 42.4 Å². The van der Waals surface area contributed by atoms with Crippen molar-refractivity contribution in [2.45, 2.75) is 38.3 Å². The van der Waals surface area contributed by atoms with Crippen LogP contribution in [0.15, 0.2) is 95.0 Å². The number of rotatable bonds is 5. The zero-order valence-corrected chi connectivity index (χ0v) is 21.2. The molecule has 2 fully saturated rings. The summed E-state index contributed by atoms with van der Waals surface area (Å²) in [5.74, 6) is 0.0400. The van der Waals surface area contributed by atoms with E-state index < -0.39 is 0 Å². The number of amidine groups is 1. The van der Waals surface area contributed by atoms with E-state index in [1.807, 2.05) is 77.7 Å². The van der Waals surface area contributed by atoms with Crippen molar-refractivity contribution in [2.24, 2.45) is 4.99 Å². The number of hydrogen-bond donors (Lipinski definition) is 0. The van der Waals surface area contributed by atoms with Crippen molar-refractivity contribution < 1.29 is 4.79 Å². The van der Waals surface area contributed by atoms with Crippen LogP contribution in [0.4, 0.5) is 5.69 Å². The molecule has 2 aliphatic rings. The van der Waals surface area contributed by atoms with Gasteiger partial charge in [0.15, 0.2) is 5.17 Å². The number of aliphatic imine (C=N–C) groups is 1. The van der Waals surface area contributed by atoms with E-state index >= 15 is 0 Å². The zero-order valence-electron chi connectivity index (χ0n) is 20.4. The number of nitrogens with zero attached hydrogens (tertiary/aromatic N) is 4. The fraction of sp³-hybridized carbons (Fsp3) is 0.194. The third-order valence-electron chi connectivity index (χ3n) is 7.09. The van der Waals surface area contributed by atoms with Crippen LogP contribution in [0.3, 0.4) is 0 Å². The fourth-order valence-corrected chi connectivity index (χ4v) is 6.32. The summed E-state index contributed by atoms with van der Waals surface area (Å²) in [4.78, 5) is 21.2. The Bertz CT molecular complexity index is 1570. The summed E-state index contributed by atoms with van der Waals surface area (Å²) in [5.41, 5.74) is 4.57. The largest absolute Gasteiger partial charge is 0.342 e. The Balaban J connectivity index is 1.40. The molecule has 1 saturated heterocycles. The molecule has 1 aromatic heterocycles. The lowest BCUT2D eigenvalue weighted by Gasteiger charge is -2.22. The number of para-hydroxylation sites is 2. The van der Waals surface area contributed by atoms with Crippen LogP contribution in [0.25, 0.3) is 17.0 Å². The molecule has 6 heteroatoms. The summed E-state index contributed by atoms with van der Waals surface area (Å²) in [7, 11) is 0. The van der Waals surface area contributed by atoms with Gasteiger partial charge in [0, 0.05) is 35.2 Å². The van der Waals surface area contributed by atoms with E-state index in [2.05, 4.69) is 29.0 Å². The van der Waals surface area contributed by atoms with E-state index in [0.29, 0.717) is 17.0 Å². The van der Waals surface area contributed by atoms with Gasteiger partial charge < -0.3 is 4.57 Å². The van der Waals surface area contributed by atoms with E-state index in [1.165, 1.54) is 11.8 Å². The number of hydrogen-bond acceptors (Lipinski definition) is 4. The van der Waals surface area contributed by atoms with Crippen LogP contribution in [0.5, 0.6) is 0 Å². The topological polar surface area (TPSA) is 61.4 Å². The molecule has 1 aliphatic heterocycles. The zero-order chi connectivity index (χ0) is 25.2. The molecule has 37 heavy (non-hydrogen) atoms. The summed E-state index contributed by atoms with van der Waals surface area (Å²) >= 11 is 1.47. The van der Waals surface area contributed by atoms with Crippen molar-refractivity contribution >= 4 is 45.5 Å². The number of carbonyl (C=O) groups is 1. The number of fused-ring (bicyclic) bond motifs is 1. The van der Waals surface area contributed by atoms with E-state index in [-0.39, 0.29) is 11.9 Å². The van der Waals surface area contributed by atoms with Gasteiger partial charge in [0.05, 0.1) is 22.2 Å². The van der Waals surface area contributed by atoms with Gasteiger partial charge in [-0.2, -0.15) is 5.26 Å². The third kappa shape index (κ3) is 4.59. The predicted octanol–water partition coefficient (Wildman–Crippen LogP) is 7.11. The van der Waals surface area contributed by atoms with Gasteiger partial charge in [-0.15, -0.1) is 0 Å². The average molecular weight is 503 g/mol. The van der Waals surface area contributed by atoms with Gasteiger partial charge >= 0.3 is 0 Å². The summed E-state index contributed by atoms with van der Waals surface area (Å²) < 4.78 is 2.16. The summed E-state index contributed by atoms with van der Waals surface area (Å²) in [5, 5.41) is 11.4. The first-order valence-corrected chi connectivity index (χ1v) is 13.5. The molecule has 4 aromatic rings. The van der Waals surface area contributed by atoms with Crippen LogP contribution in [-0.2, 0) is 11.3 Å². The molecule has 0 spiro atoms. The van der Waals surface area contributed by atoms with Crippen molar-refractivity contribution in [3.05, 3.63) is 107 Å². The Kier molecular flexibility index (Phi) is 6.38. The molecule has 0 N–H and O–H groups in total. The van der Waals surface area contributed by atoms with Crippen LogP contribution in [0, 0.1) is 11.3 Å². The first kappa shape index (κ1) is 23.3. The normalized spacial score (nSPS) is 18.4. The lowest BCUT2D eigenvalue weighted by Crippen LogP contribution is -2.37. The van der Waals surface area contributed by atoms with E-state index in [0.717, 1.165) is 58.6 Å². The van der Waals surface area contributed by atoms with E-state index in [4.69, 9.17) is 4.99 Å². The van der Waals surface area contributed by atoms with Crippen molar-refractivity contribution in [1.29, 1.82) is 5.26 Å². The Hall–Kier alpha value is -4.08. The predicted molar refractivity (Wildman–Crippen MR) is 150 cm³/mol. The van der Waals surface area contributed by atoms with Gasteiger partial charge in [-0.05, 0) is 60.5 Å². The molecule has 0 unspecified atom stereocenters. The smallest absolute Gasteiger partial charge is 0.267 e. The van der Waals surface area contributed by atoms with Crippen LogP contribution >= 0.6 is 11.8 Å². The lowest BCUT2D eigenvalue weighted by molar-refractivity contribution is -0.123. The molecule has 1 aliphatic carbocycles. The summed E-state index contributed by atoms with van der Waals surface area (Å²) in [6.07, 6.45) is 8.43. The molecule has 1 amide bonds. The highest BCUT2D eigenvalue weighted by Crippen LogP contribution is 2.39. The van der Waals surface area contributed by atoms with Crippen molar-refractivity contribution in [3.8, 4) is 6.07 Å². The van der Waals surface area contributed by atoms with Gasteiger partial charge in [-0.25, -0.2) is 4.99 Å². The standard InChI is InChI=1S/C31H26N4OS/c32-19-22-10-4-5-11-23(22)20-34-21-24(27-16-8-9-17-28(27)34)18-29-30(36)35(26-14-6-7-15-26)31(37-29)33-25-12-2-1-3-13-25/h1-5,8-13,16-18,21,26H,6-7,14-15,20H2. The molecule has 2 heterocycles. The molecule has 0 atom stereocenters. The second-order valence-corrected chi connectivity index (χ2v) is 10.5. The highest BCUT2D eigenvalue weighted by atomic mass is 32.2. The fourth-order valence-electron chi connectivity index (χ4n) is 5.28. The third-order valence-corrected chi connectivity index (χ3v) is 8.08. The first-order valence-electron chi connectivity index (χ1n) is 12.6. The van der Waals surface area contributed by atoms with Gasteiger partial charge in [0.25, 0.3) is 5.91 Å². The van der Waals surface area contributed by atoms with E-state index in [9.17, 15) is 10.1 Å². The minimum absolute atomic E-state index is 0.0400. The summed E-state index contributed by atoms with van der Waals surface area (Å²) in [6, 6.07) is 28.3. The van der Waals surface area contributed by atoms with E-state index in [1.54, 1.807) is 0 Å². The van der Waals surface area contributed by atoms with Crippen LogP contribution in [-0.4, -0.2) is 26.6 Å². The Morgan fingerprint density at radius 2 is 1.70 bits per heavy atom. The summed E-state index contributed by atoms with van der Waals surface area (Å²) in [6.45, 7) is 0.587. The molecule has 182 valence electrons. The monoisotopic (exact) mass is 502 g/mol. The number of benzene rings is 3. The van der Waals surface area contributed by atoms with Gasteiger partial charge in [0.1, 0.15) is 0 Å². The van der Waals surface area contributed by atoms with Crippen LogP contribution in [0.2, 0.25) is 0 Å². The minimum Gasteiger partial charge on any atom is -0.342 e. The molecule has 0 radical (unpaired) electrons. The van der Waals surface area contributed by atoms with Crippen molar-refractivity contribution in [2.75, 3.05) is 0 Å². The Morgan fingerprint density at radius 3 is 2.51 bits per heavy atom. The van der Waals surface area contributed by atoms with Gasteiger partial charge in [-0.1, -0.05) is 67.4 Å². The number of aromatic nitrogens is 1. The maximum absolute atomic E-state index is 13.7. The highest BCUT2D eigenvalue weighted by Gasteiger charge is 2.39. The molecule has 0 bridgehead atoms. The Morgan fingerprint density at radius 1 is 0.973 bits per heavy atom. The SMILES string of the molecule is N#Cc1ccccc1Cn1cc(C=C2SC(=Nc3ccccc3)N(C3CCCC3)C2=O)c2ccccc21. The number of nitriles is 1. The quantitative estimate of drug-likeness (QED) is 0.273. The van der Waals surface area contributed by atoms with Gasteiger partial charge in [0.2, 0.25) is 0 Å². The second-order valence-electron chi connectivity index (χ2n) is 9.45. The van der Waals surface area contributed by atoms with Crippen LogP contribution < -0.4 is 0 Å². The number of amides is 1. The second kappa shape index (κ2) is 10.1. The Labute approximate surface area is 220 Å². The number of thioether (sulfide) groups is 1. The maximum atomic E-state index is 13.7. The highest BCUT2D eigenvalue weighted by molar-refractivity contribution is 8.18. The molecular weight excluding hydrogens is 476 g/mol. The lowest BCUT2D eigenvalue weighted by atomic mass is 10.1. The first-order chi connectivity index (χ1) is 18.2. The molecule has 5 nitrogen and oxygen atoms in total. The van der Waals surface area contributed by atoms with Gasteiger partial charge in [-0.3, -0.25) is 9.69 Å². The van der Waals surface area contributed by atoms with Crippen molar-refractivity contribution in [3.63, 3.8) is 0 Å². The number of carbonyl (C=O) groups excluding carboxylic acids is 1. The maximum Gasteiger partial charge on any atom is 0.267 e. The average Bonchev–Trinajstić information content (AvgIpc) is 3.65. The molecule has 3 aromatic carbocycles. The molecule has 1 saturated carbocycles. The van der Waals surface area contributed by atoms with Crippen molar-refractivity contribution in [1.82, 2.24) is 9.47 Å². The molecular formula is C31H26N4OS. The minimum atomic E-state index is 0.0400. The molecule has 6 rings (SSSR count).